The highest BCUT2D eigenvalue weighted by atomic mass is 32.1. The minimum atomic E-state index is 0.163. The molecular weight excluding hydrogens is 324 g/mol. The van der Waals surface area contributed by atoms with Crippen LogP contribution >= 0.6 is 11.3 Å². The third-order valence-electron chi connectivity index (χ3n) is 4.55. The van der Waals surface area contributed by atoms with Crippen molar-refractivity contribution in [2.24, 2.45) is 0 Å². The molecule has 0 saturated carbocycles. The zero-order valence-corrected chi connectivity index (χ0v) is 14.4. The van der Waals surface area contributed by atoms with Crippen molar-refractivity contribution in [3.63, 3.8) is 0 Å². The number of amides is 1. The third kappa shape index (κ3) is 3.16. The maximum Gasteiger partial charge on any atom is 0.229 e. The Hall–Kier alpha value is -1.92. The number of hydrogen-bond donors (Lipinski definition) is 0. The van der Waals surface area contributed by atoms with E-state index in [0.717, 1.165) is 22.9 Å². The second-order valence-corrected chi connectivity index (χ2v) is 7.34. The number of aryl methyl sites for hydroxylation is 1. The van der Waals surface area contributed by atoms with Gasteiger partial charge in [0.2, 0.25) is 5.91 Å². The Morgan fingerprint density at radius 1 is 1.33 bits per heavy atom. The smallest absolute Gasteiger partial charge is 0.229 e. The first-order valence-electron chi connectivity index (χ1n) is 8.21. The quantitative estimate of drug-likeness (QED) is 0.836. The Labute approximate surface area is 145 Å². The van der Waals surface area contributed by atoms with Crippen LogP contribution in [0.5, 0.6) is 5.75 Å². The number of aromatic nitrogens is 1. The Bertz CT molecular complexity index is 714. The lowest BCUT2D eigenvalue weighted by Crippen LogP contribution is -2.65. The number of carbonyl (C=O) groups is 1. The van der Waals surface area contributed by atoms with Crippen LogP contribution in [0.1, 0.15) is 22.7 Å². The molecule has 1 amide bonds. The first-order chi connectivity index (χ1) is 11.7. The van der Waals surface area contributed by atoms with Gasteiger partial charge in [0.1, 0.15) is 17.4 Å². The third-order valence-corrected chi connectivity index (χ3v) is 5.43. The standard InChI is InChI=1S/C18H20N2O3S/c1-12-2-4-16(5-3-12)23-10-17-19-13(11-24-17)6-18(21)20-14-7-15(20)9-22-8-14/h2-5,11,14-15H,6-10H2,1H3/t14-,15-/m1/s1. The molecule has 1 aromatic heterocycles. The fraction of sp³-hybridized carbons (Fsp3) is 0.444. The monoisotopic (exact) mass is 344 g/mol. The van der Waals surface area contributed by atoms with E-state index in [1.807, 2.05) is 41.5 Å². The van der Waals surface area contributed by atoms with E-state index in [0.29, 0.717) is 26.2 Å². The molecular formula is C18H20N2O3S. The van der Waals surface area contributed by atoms with Crippen molar-refractivity contribution in [1.82, 2.24) is 9.88 Å². The fourth-order valence-electron chi connectivity index (χ4n) is 3.27. The molecule has 0 N–H and O–H groups in total. The number of morpholine rings is 1. The number of nitrogens with zero attached hydrogens (tertiary/aromatic N) is 2. The molecule has 6 heteroatoms. The van der Waals surface area contributed by atoms with Crippen molar-refractivity contribution in [1.29, 1.82) is 0 Å². The van der Waals surface area contributed by atoms with Gasteiger partial charge in [0.25, 0.3) is 0 Å². The molecule has 5 nitrogen and oxygen atoms in total. The lowest BCUT2D eigenvalue weighted by Gasteiger charge is -2.52. The van der Waals surface area contributed by atoms with E-state index in [9.17, 15) is 4.79 Å². The van der Waals surface area contributed by atoms with Crippen LogP contribution in [0.25, 0.3) is 0 Å². The van der Waals surface area contributed by atoms with E-state index < -0.39 is 0 Å². The average Bonchev–Trinajstić information content (AvgIpc) is 3.02. The number of thiazole rings is 1. The Kier molecular flexibility index (Phi) is 4.24. The SMILES string of the molecule is Cc1ccc(OCc2nc(CC(=O)N3[C@H]4COC[C@H]3C4)cs2)cc1. The summed E-state index contributed by atoms with van der Waals surface area (Å²) in [6, 6.07) is 8.51. The van der Waals surface area contributed by atoms with E-state index in [4.69, 9.17) is 9.47 Å². The van der Waals surface area contributed by atoms with Gasteiger partial charge in [-0.1, -0.05) is 17.7 Å². The predicted molar refractivity (Wildman–Crippen MR) is 91.2 cm³/mol. The van der Waals surface area contributed by atoms with Gasteiger partial charge in [-0.3, -0.25) is 4.79 Å². The van der Waals surface area contributed by atoms with Crippen LogP contribution in [0.15, 0.2) is 29.6 Å². The lowest BCUT2D eigenvalue weighted by molar-refractivity contribution is -0.166. The van der Waals surface area contributed by atoms with Crippen LogP contribution in [-0.2, 0) is 22.6 Å². The summed E-state index contributed by atoms with van der Waals surface area (Å²) in [7, 11) is 0. The summed E-state index contributed by atoms with van der Waals surface area (Å²) in [5.74, 6) is 0.998. The van der Waals surface area contributed by atoms with Gasteiger partial charge >= 0.3 is 0 Å². The van der Waals surface area contributed by atoms with Crippen molar-refractivity contribution in [3.05, 3.63) is 45.9 Å². The van der Waals surface area contributed by atoms with Crippen LogP contribution in [0, 0.1) is 6.92 Å². The maximum atomic E-state index is 12.4. The molecule has 3 heterocycles. The zero-order chi connectivity index (χ0) is 16.5. The summed E-state index contributed by atoms with van der Waals surface area (Å²) in [5, 5.41) is 2.85. The summed E-state index contributed by atoms with van der Waals surface area (Å²) in [6.07, 6.45) is 1.45. The molecule has 2 fully saturated rings. The summed E-state index contributed by atoms with van der Waals surface area (Å²) < 4.78 is 11.2. The molecule has 0 radical (unpaired) electrons. The largest absolute Gasteiger partial charge is 0.486 e. The molecule has 2 aromatic rings. The van der Waals surface area contributed by atoms with E-state index in [1.165, 1.54) is 5.56 Å². The molecule has 2 saturated heterocycles. The van der Waals surface area contributed by atoms with Crippen molar-refractivity contribution < 1.29 is 14.3 Å². The van der Waals surface area contributed by atoms with E-state index in [2.05, 4.69) is 4.98 Å². The molecule has 0 unspecified atom stereocenters. The molecule has 0 aliphatic carbocycles. The Morgan fingerprint density at radius 2 is 2.08 bits per heavy atom. The van der Waals surface area contributed by atoms with Crippen molar-refractivity contribution in [2.45, 2.75) is 38.5 Å². The summed E-state index contributed by atoms with van der Waals surface area (Å²) in [5.41, 5.74) is 2.04. The second-order valence-electron chi connectivity index (χ2n) is 6.39. The van der Waals surface area contributed by atoms with Gasteiger partial charge in [0.05, 0.1) is 37.4 Å². The average molecular weight is 344 g/mol. The van der Waals surface area contributed by atoms with Crippen LogP contribution in [0.4, 0.5) is 0 Å². The zero-order valence-electron chi connectivity index (χ0n) is 13.6. The van der Waals surface area contributed by atoms with Crippen molar-refractivity contribution >= 4 is 17.2 Å². The number of benzene rings is 1. The number of fused-ring (bicyclic) bond motifs is 2. The molecule has 0 spiro atoms. The highest BCUT2D eigenvalue weighted by Gasteiger charge is 2.44. The minimum Gasteiger partial charge on any atom is -0.486 e. The summed E-state index contributed by atoms with van der Waals surface area (Å²) >= 11 is 1.54. The number of hydrogen-bond acceptors (Lipinski definition) is 5. The molecule has 2 bridgehead atoms. The molecule has 2 atom stereocenters. The van der Waals surface area contributed by atoms with E-state index in [-0.39, 0.29) is 18.0 Å². The first kappa shape index (κ1) is 15.6. The van der Waals surface area contributed by atoms with Crippen LogP contribution in [-0.4, -0.2) is 41.1 Å². The lowest BCUT2D eigenvalue weighted by atomic mass is 9.91. The van der Waals surface area contributed by atoms with Gasteiger partial charge in [0.15, 0.2) is 0 Å². The van der Waals surface area contributed by atoms with Gasteiger partial charge in [-0.2, -0.15) is 0 Å². The van der Waals surface area contributed by atoms with Gasteiger partial charge in [-0.25, -0.2) is 4.98 Å². The van der Waals surface area contributed by atoms with Gasteiger partial charge in [-0.15, -0.1) is 11.3 Å². The molecule has 1 aromatic carbocycles. The number of rotatable bonds is 5. The highest BCUT2D eigenvalue weighted by molar-refractivity contribution is 7.09. The van der Waals surface area contributed by atoms with E-state index >= 15 is 0 Å². The molecule has 2 aliphatic rings. The topological polar surface area (TPSA) is 51.7 Å². The fourth-order valence-corrected chi connectivity index (χ4v) is 3.97. The van der Waals surface area contributed by atoms with Crippen LogP contribution in [0.2, 0.25) is 0 Å². The molecule has 126 valence electrons. The highest BCUT2D eigenvalue weighted by Crippen LogP contribution is 2.31. The first-order valence-corrected chi connectivity index (χ1v) is 9.08. The second kappa shape index (κ2) is 6.53. The van der Waals surface area contributed by atoms with Gasteiger partial charge in [0, 0.05) is 5.38 Å². The summed E-state index contributed by atoms with van der Waals surface area (Å²) in [4.78, 5) is 18.9. The van der Waals surface area contributed by atoms with Crippen molar-refractivity contribution in [2.75, 3.05) is 13.2 Å². The normalized spacial score (nSPS) is 22.1. The molecule has 24 heavy (non-hydrogen) atoms. The molecule has 4 rings (SSSR count). The van der Waals surface area contributed by atoms with Gasteiger partial charge < -0.3 is 14.4 Å². The van der Waals surface area contributed by atoms with Crippen molar-refractivity contribution in [3.8, 4) is 5.75 Å². The van der Waals surface area contributed by atoms with Crippen LogP contribution in [0.3, 0.4) is 0 Å². The summed E-state index contributed by atoms with van der Waals surface area (Å²) in [6.45, 7) is 3.83. The van der Waals surface area contributed by atoms with E-state index in [1.54, 1.807) is 11.3 Å². The number of carbonyl (C=O) groups excluding carboxylic acids is 1. The van der Waals surface area contributed by atoms with Crippen LogP contribution < -0.4 is 4.74 Å². The van der Waals surface area contributed by atoms with Gasteiger partial charge in [-0.05, 0) is 25.5 Å². The maximum absolute atomic E-state index is 12.4. The Morgan fingerprint density at radius 3 is 2.79 bits per heavy atom. The Balaban J connectivity index is 1.31. The number of ether oxygens (including phenoxy) is 2. The predicted octanol–water partition coefficient (Wildman–Crippen LogP) is 2.57. The molecule has 2 aliphatic heterocycles. The minimum absolute atomic E-state index is 0.163.